The van der Waals surface area contributed by atoms with Gasteiger partial charge in [-0.2, -0.15) is 22.0 Å². The van der Waals surface area contributed by atoms with Crippen LogP contribution < -0.4 is 0 Å². The van der Waals surface area contributed by atoms with Crippen LogP contribution >= 0.6 is 15.9 Å². The zero-order valence-corrected chi connectivity index (χ0v) is 11.7. The number of halogens is 6. The smallest absolute Gasteiger partial charge is 0.287 e. The van der Waals surface area contributed by atoms with Crippen molar-refractivity contribution >= 4 is 31.6 Å². The van der Waals surface area contributed by atoms with Crippen LogP contribution in [0.4, 0.5) is 22.0 Å². The zero-order valence-electron chi connectivity index (χ0n) is 9.26. The molecule has 3 nitrogen and oxygen atoms in total. The maximum absolute atomic E-state index is 13.3. The summed E-state index contributed by atoms with van der Waals surface area (Å²) in [6, 6.07) is 1.39. The fraction of sp³-hybridized carbons (Fsp3) is 0.300. The fourth-order valence-corrected chi connectivity index (χ4v) is 3.31. The molecule has 0 fully saturated rings. The van der Waals surface area contributed by atoms with Crippen molar-refractivity contribution in [2.75, 3.05) is 0 Å². The van der Waals surface area contributed by atoms with Gasteiger partial charge in [0.2, 0.25) is 5.78 Å². The molecule has 0 heterocycles. The quantitative estimate of drug-likeness (QED) is 0.705. The summed E-state index contributed by atoms with van der Waals surface area (Å²) in [7, 11) is -5.88. The molecule has 110 valence electrons. The Balaban J connectivity index is 2.81. The third kappa shape index (κ3) is 2.05. The van der Waals surface area contributed by atoms with E-state index in [1.165, 1.54) is 0 Å². The number of hydrogen-bond donors (Lipinski definition) is 0. The summed E-state index contributed by atoms with van der Waals surface area (Å²) in [5.74, 6) is -5.83. The van der Waals surface area contributed by atoms with E-state index < -0.39 is 49.5 Å². The Morgan fingerprint density at radius 2 is 1.75 bits per heavy atom. The van der Waals surface area contributed by atoms with Crippen molar-refractivity contribution in [1.29, 1.82) is 0 Å². The minimum absolute atomic E-state index is 0.0425. The molecule has 0 bridgehead atoms. The van der Waals surface area contributed by atoms with Crippen molar-refractivity contribution < 1.29 is 35.2 Å². The molecule has 10 heteroatoms. The van der Waals surface area contributed by atoms with Gasteiger partial charge in [-0.1, -0.05) is 15.9 Å². The first-order chi connectivity index (χ1) is 8.89. The van der Waals surface area contributed by atoms with E-state index in [1.54, 1.807) is 0 Å². The number of carbonyl (C=O) groups excluding carboxylic acids is 1. The highest BCUT2D eigenvalue weighted by molar-refractivity contribution is 9.10. The van der Waals surface area contributed by atoms with E-state index in [4.69, 9.17) is 0 Å². The van der Waals surface area contributed by atoms with Crippen molar-refractivity contribution in [3.63, 3.8) is 0 Å². The van der Waals surface area contributed by atoms with Crippen LogP contribution in [-0.4, -0.2) is 25.6 Å². The number of fused-ring (bicyclic) bond motifs is 1. The first kappa shape index (κ1) is 15.4. The minimum Gasteiger partial charge on any atom is -0.287 e. The fourth-order valence-electron chi connectivity index (χ4n) is 1.86. The van der Waals surface area contributed by atoms with Crippen LogP contribution in [0.5, 0.6) is 0 Å². The largest absolute Gasteiger partial charge is 0.501 e. The van der Waals surface area contributed by atoms with Crippen LogP contribution in [-0.2, 0) is 16.3 Å². The highest BCUT2D eigenvalue weighted by Gasteiger charge is 2.54. The Hall–Kier alpha value is -1.03. The van der Waals surface area contributed by atoms with Crippen LogP contribution in [0.2, 0.25) is 0 Å². The van der Waals surface area contributed by atoms with Gasteiger partial charge in [-0.3, -0.25) is 4.79 Å². The first-order valence-corrected chi connectivity index (χ1v) is 7.22. The number of carbonyl (C=O) groups is 1. The number of benzene rings is 1. The summed E-state index contributed by atoms with van der Waals surface area (Å²) in [6.07, 6.45) is -1.14. The van der Waals surface area contributed by atoms with E-state index in [9.17, 15) is 35.2 Å². The molecule has 1 aromatic rings. The molecule has 0 saturated carbocycles. The van der Waals surface area contributed by atoms with Crippen LogP contribution in [0.25, 0.3) is 0 Å². The molecule has 0 spiro atoms. The summed E-state index contributed by atoms with van der Waals surface area (Å²) < 4.78 is 86.8. The van der Waals surface area contributed by atoms with Crippen molar-refractivity contribution in [2.24, 2.45) is 0 Å². The first-order valence-electron chi connectivity index (χ1n) is 4.95. The molecule has 20 heavy (non-hydrogen) atoms. The molecule has 0 aromatic heterocycles. The number of hydrogen-bond acceptors (Lipinski definition) is 3. The van der Waals surface area contributed by atoms with Crippen molar-refractivity contribution in [2.45, 2.75) is 22.7 Å². The molecule has 0 radical (unpaired) electrons. The topological polar surface area (TPSA) is 51.2 Å². The maximum Gasteiger partial charge on any atom is 0.501 e. The van der Waals surface area contributed by atoms with Crippen molar-refractivity contribution in [3.05, 3.63) is 27.7 Å². The molecule has 0 saturated heterocycles. The monoisotopic (exact) mass is 378 g/mol. The molecule has 0 unspecified atom stereocenters. The summed E-state index contributed by atoms with van der Waals surface area (Å²) in [4.78, 5) is 10.0. The second-order valence-corrected chi connectivity index (χ2v) is 6.82. The Labute approximate surface area is 117 Å². The Morgan fingerprint density at radius 1 is 1.20 bits per heavy atom. The Kier molecular flexibility index (Phi) is 3.25. The molecule has 0 amide bonds. The average molecular weight is 379 g/mol. The number of sulfone groups is 1. The molecule has 0 N–H and O–H groups in total. The summed E-state index contributed by atoms with van der Waals surface area (Å²) in [5.41, 5.74) is -7.21. The molecule has 1 aliphatic rings. The predicted octanol–water partition coefficient (Wildman–Crippen LogP) is 3.12. The van der Waals surface area contributed by atoms with Gasteiger partial charge in [-0.15, -0.1) is 0 Å². The van der Waals surface area contributed by atoms with Gasteiger partial charge >= 0.3 is 11.4 Å². The zero-order chi connectivity index (χ0) is 15.5. The molecule has 1 aliphatic carbocycles. The molecule has 1 aromatic carbocycles. The average Bonchev–Trinajstić information content (AvgIpc) is 2.51. The highest BCUT2D eigenvalue weighted by atomic mass is 79.9. The van der Waals surface area contributed by atoms with Gasteiger partial charge in [0.05, 0.1) is 4.90 Å². The van der Waals surface area contributed by atoms with E-state index in [0.717, 1.165) is 6.07 Å². The van der Waals surface area contributed by atoms with Gasteiger partial charge in [0.15, 0.2) is 0 Å². The van der Waals surface area contributed by atoms with E-state index in [2.05, 4.69) is 15.9 Å². The van der Waals surface area contributed by atoms with Gasteiger partial charge in [0.25, 0.3) is 9.84 Å². The van der Waals surface area contributed by atoms with Gasteiger partial charge in [-0.25, -0.2) is 8.42 Å². The molecule has 2 rings (SSSR count). The summed E-state index contributed by atoms with van der Waals surface area (Å²) >= 11 is 2.82. The third-order valence-corrected chi connectivity index (χ3v) is 5.04. The van der Waals surface area contributed by atoms with Gasteiger partial charge in [-0.05, 0) is 17.7 Å². The Morgan fingerprint density at radius 3 is 2.25 bits per heavy atom. The van der Waals surface area contributed by atoms with E-state index in [0.29, 0.717) is 6.07 Å². The second-order valence-electron chi connectivity index (χ2n) is 4.06. The van der Waals surface area contributed by atoms with Crippen molar-refractivity contribution in [3.8, 4) is 0 Å². The summed E-state index contributed by atoms with van der Waals surface area (Å²) in [5, 5.41) is 0. The molecular weight excluding hydrogens is 375 g/mol. The second kappa shape index (κ2) is 4.23. The predicted molar refractivity (Wildman–Crippen MR) is 60.4 cm³/mol. The number of alkyl halides is 5. The van der Waals surface area contributed by atoms with Gasteiger partial charge in [0.1, 0.15) is 0 Å². The normalized spacial score (nSPS) is 18.2. The lowest BCUT2D eigenvalue weighted by molar-refractivity contribution is -0.0436. The Bertz CT molecular complexity index is 708. The van der Waals surface area contributed by atoms with Crippen LogP contribution in [0.3, 0.4) is 0 Å². The lowest BCUT2D eigenvalue weighted by Gasteiger charge is -2.12. The SMILES string of the molecule is O=C1c2c(S(=O)(=O)C(F)(F)F)ccc(Br)c2CC1(F)F. The van der Waals surface area contributed by atoms with Gasteiger partial charge in [0, 0.05) is 16.5 Å². The number of ketones is 1. The van der Waals surface area contributed by atoms with Crippen LogP contribution in [0.15, 0.2) is 21.5 Å². The van der Waals surface area contributed by atoms with Crippen LogP contribution in [0.1, 0.15) is 15.9 Å². The van der Waals surface area contributed by atoms with E-state index in [-0.39, 0.29) is 4.47 Å². The van der Waals surface area contributed by atoms with E-state index in [1.807, 2.05) is 0 Å². The minimum atomic E-state index is -5.88. The molecule has 0 aliphatic heterocycles. The van der Waals surface area contributed by atoms with Crippen LogP contribution in [0, 0.1) is 0 Å². The van der Waals surface area contributed by atoms with E-state index >= 15 is 0 Å². The lowest BCUT2D eigenvalue weighted by Crippen LogP contribution is -2.28. The standard InChI is InChI=1S/C10H4BrF5O3S/c11-5-1-2-6(20(18,19)10(14,15)16)7-4(5)3-9(12,13)8(7)17/h1-2H,3H2. The third-order valence-electron chi connectivity index (χ3n) is 2.77. The number of Topliss-reactive ketones (excluding diaryl/α,β-unsaturated/α-hetero) is 1. The maximum atomic E-state index is 13.3. The lowest BCUT2D eigenvalue weighted by atomic mass is 10.1. The molecular formula is C10H4BrF5O3S. The summed E-state index contributed by atoms with van der Waals surface area (Å²) in [6.45, 7) is 0. The van der Waals surface area contributed by atoms with Gasteiger partial charge < -0.3 is 0 Å². The highest BCUT2D eigenvalue weighted by Crippen LogP contribution is 2.43. The molecule has 0 atom stereocenters. The number of rotatable bonds is 1. The van der Waals surface area contributed by atoms with Crippen molar-refractivity contribution in [1.82, 2.24) is 0 Å².